The number of para-hydroxylation sites is 2. The Labute approximate surface area is 281 Å². The van der Waals surface area contributed by atoms with E-state index in [-0.39, 0.29) is 0 Å². The first-order chi connectivity index (χ1) is 23.8. The molecule has 0 saturated heterocycles. The summed E-state index contributed by atoms with van der Waals surface area (Å²) in [7, 11) is 0. The van der Waals surface area contributed by atoms with E-state index in [0.717, 1.165) is 39.2 Å². The van der Waals surface area contributed by atoms with Gasteiger partial charge in [-0.2, -0.15) is 0 Å². The fourth-order valence-electron chi connectivity index (χ4n) is 7.17. The Morgan fingerprint density at radius 2 is 1.06 bits per heavy atom. The monoisotopic (exact) mass is 629 g/mol. The van der Waals surface area contributed by atoms with Crippen LogP contribution in [0.3, 0.4) is 0 Å². The maximum absolute atomic E-state index is 5.19. The molecule has 10 rings (SSSR count). The molecule has 10 aromatic rings. The average molecular weight is 630 g/mol. The zero-order chi connectivity index (χ0) is 31.6. The molecule has 0 amide bonds. The van der Waals surface area contributed by atoms with E-state index in [4.69, 9.17) is 9.97 Å². The van der Waals surface area contributed by atoms with Crippen molar-refractivity contribution in [3.05, 3.63) is 164 Å². The fraction of sp³-hybridized carbons (Fsp3) is 0. The van der Waals surface area contributed by atoms with Crippen molar-refractivity contribution in [2.75, 3.05) is 0 Å². The zero-order valence-corrected chi connectivity index (χ0v) is 26.7. The molecular weight excluding hydrogens is 603 g/mol. The summed E-state index contributed by atoms with van der Waals surface area (Å²) in [4.78, 5) is 10.2. The summed E-state index contributed by atoms with van der Waals surface area (Å²) in [5.74, 6) is 0.718. The van der Waals surface area contributed by atoms with Crippen LogP contribution in [0.1, 0.15) is 0 Å². The summed E-state index contributed by atoms with van der Waals surface area (Å²) in [6, 6.07) is 58.2. The van der Waals surface area contributed by atoms with Crippen molar-refractivity contribution in [1.82, 2.24) is 14.5 Å². The van der Waals surface area contributed by atoms with Crippen molar-refractivity contribution >= 4 is 64.2 Å². The predicted octanol–water partition coefficient (Wildman–Crippen LogP) is 12.1. The smallest absolute Gasteiger partial charge is 0.160 e. The van der Waals surface area contributed by atoms with E-state index in [2.05, 4.69) is 156 Å². The van der Waals surface area contributed by atoms with Gasteiger partial charge in [-0.3, -0.25) is 0 Å². The van der Waals surface area contributed by atoms with Crippen molar-refractivity contribution in [1.29, 1.82) is 0 Å². The van der Waals surface area contributed by atoms with E-state index < -0.39 is 0 Å². The second kappa shape index (κ2) is 10.7. The molecule has 3 nitrogen and oxygen atoms in total. The number of nitrogens with zero attached hydrogens (tertiary/aromatic N) is 3. The van der Waals surface area contributed by atoms with Gasteiger partial charge in [-0.1, -0.05) is 115 Å². The van der Waals surface area contributed by atoms with E-state index in [1.807, 2.05) is 23.5 Å². The minimum Gasteiger partial charge on any atom is -0.309 e. The Bertz CT molecular complexity index is 2810. The van der Waals surface area contributed by atoms with Gasteiger partial charge in [0.05, 0.1) is 22.2 Å². The van der Waals surface area contributed by atoms with Crippen LogP contribution in [-0.2, 0) is 0 Å². The van der Waals surface area contributed by atoms with E-state index >= 15 is 0 Å². The fourth-order valence-corrected chi connectivity index (χ4v) is 8.28. The van der Waals surface area contributed by atoms with Crippen LogP contribution in [-0.4, -0.2) is 14.5 Å². The lowest BCUT2D eigenvalue weighted by Crippen LogP contribution is -1.97. The Morgan fingerprint density at radius 1 is 0.417 bits per heavy atom. The van der Waals surface area contributed by atoms with Crippen LogP contribution in [0.4, 0.5) is 0 Å². The number of hydrogen-bond acceptors (Lipinski definition) is 3. The van der Waals surface area contributed by atoms with Gasteiger partial charge in [0.25, 0.3) is 0 Å². The molecule has 0 aliphatic heterocycles. The molecule has 0 atom stereocenters. The Hall–Kier alpha value is -6.10. The molecule has 0 aliphatic carbocycles. The molecule has 0 spiro atoms. The van der Waals surface area contributed by atoms with Crippen LogP contribution in [0.5, 0.6) is 0 Å². The molecule has 7 aromatic carbocycles. The maximum atomic E-state index is 5.19. The second-order valence-corrected chi connectivity index (χ2v) is 13.3. The third-order valence-electron chi connectivity index (χ3n) is 9.43. The van der Waals surface area contributed by atoms with Gasteiger partial charge in [-0.15, -0.1) is 11.3 Å². The Balaban J connectivity index is 1.12. The van der Waals surface area contributed by atoms with Crippen molar-refractivity contribution in [2.45, 2.75) is 0 Å². The van der Waals surface area contributed by atoms with Gasteiger partial charge in [0.1, 0.15) is 0 Å². The maximum Gasteiger partial charge on any atom is 0.160 e. The summed E-state index contributed by atoms with van der Waals surface area (Å²) in [6.07, 6.45) is 0. The SMILES string of the molecule is c1ccc(-c2ccc(-c3nc(-c4ccc(-n5c6ccccc6c6ccc7sc8ccccc8c7c65)cc4)nc4ccccc34)cc2)cc1. The highest BCUT2D eigenvalue weighted by molar-refractivity contribution is 7.26. The summed E-state index contributed by atoms with van der Waals surface area (Å²) < 4.78 is 5.04. The highest BCUT2D eigenvalue weighted by Crippen LogP contribution is 2.43. The lowest BCUT2D eigenvalue weighted by atomic mass is 10.0. The first-order valence-corrected chi connectivity index (χ1v) is 17.0. The van der Waals surface area contributed by atoms with Crippen LogP contribution < -0.4 is 0 Å². The Morgan fingerprint density at radius 3 is 1.90 bits per heavy atom. The number of rotatable bonds is 4. The molecule has 0 fully saturated rings. The summed E-state index contributed by atoms with van der Waals surface area (Å²) in [5, 5.41) is 6.19. The highest BCUT2D eigenvalue weighted by Gasteiger charge is 2.18. The third-order valence-corrected chi connectivity index (χ3v) is 10.6. The van der Waals surface area contributed by atoms with Gasteiger partial charge in [0, 0.05) is 53.1 Å². The lowest BCUT2D eigenvalue weighted by Gasteiger charge is -2.12. The van der Waals surface area contributed by atoms with Crippen molar-refractivity contribution in [3.63, 3.8) is 0 Å². The van der Waals surface area contributed by atoms with E-state index in [9.17, 15) is 0 Å². The van der Waals surface area contributed by atoms with Crippen molar-refractivity contribution < 1.29 is 0 Å². The topological polar surface area (TPSA) is 30.7 Å². The molecule has 0 unspecified atom stereocenters. The van der Waals surface area contributed by atoms with Gasteiger partial charge in [0.15, 0.2) is 5.82 Å². The van der Waals surface area contributed by atoms with Crippen LogP contribution in [0.2, 0.25) is 0 Å². The van der Waals surface area contributed by atoms with E-state index in [1.54, 1.807) is 0 Å². The molecule has 0 saturated carbocycles. The average Bonchev–Trinajstić information content (AvgIpc) is 3.71. The molecule has 3 aromatic heterocycles. The number of hydrogen-bond donors (Lipinski definition) is 0. The largest absolute Gasteiger partial charge is 0.309 e. The summed E-state index contributed by atoms with van der Waals surface area (Å²) in [5.41, 5.74) is 9.89. The molecule has 0 bridgehead atoms. The highest BCUT2D eigenvalue weighted by atomic mass is 32.1. The zero-order valence-electron chi connectivity index (χ0n) is 25.8. The summed E-state index contributed by atoms with van der Waals surface area (Å²) in [6.45, 7) is 0. The molecule has 48 heavy (non-hydrogen) atoms. The number of thiophene rings is 1. The van der Waals surface area contributed by atoms with Gasteiger partial charge in [-0.05, 0) is 59.7 Å². The predicted molar refractivity (Wildman–Crippen MR) is 203 cm³/mol. The minimum atomic E-state index is 0.718. The molecule has 224 valence electrons. The molecule has 0 aliphatic rings. The van der Waals surface area contributed by atoms with Crippen LogP contribution in [0.25, 0.3) is 92.3 Å². The molecule has 4 heteroatoms. The van der Waals surface area contributed by atoms with Crippen LogP contribution >= 0.6 is 11.3 Å². The van der Waals surface area contributed by atoms with Crippen LogP contribution in [0.15, 0.2) is 164 Å². The van der Waals surface area contributed by atoms with Crippen molar-refractivity contribution in [2.24, 2.45) is 0 Å². The first kappa shape index (κ1) is 27.1. The van der Waals surface area contributed by atoms with Gasteiger partial charge < -0.3 is 4.57 Å². The molecule has 3 heterocycles. The standard InChI is InChI=1S/C44H27N3S/c1-2-10-28(11-3-1)29-18-20-30(21-19-29)42-35-13-4-7-15-37(35)45-44(46-42)31-22-24-32(25-23-31)47-38-16-8-5-12-33(38)34-26-27-40-41(43(34)47)36-14-6-9-17-39(36)48-40/h1-27H. The lowest BCUT2D eigenvalue weighted by molar-refractivity contribution is 1.18. The molecule has 0 N–H and O–H groups in total. The normalized spacial score (nSPS) is 11.8. The minimum absolute atomic E-state index is 0.718. The molecule has 0 radical (unpaired) electrons. The van der Waals surface area contributed by atoms with E-state index in [1.165, 1.54) is 53.1 Å². The third kappa shape index (κ3) is 4.20. The van der Waals surface area contributed by atoms with Crippen molar-refractivity contribution in [3.8, 4) is 39.5 Å². The van der Waals surface area contributed by atoms with Crippen LogP contribution in [0, 0.1) is 0 Å². The second-order valence-electron chi connectivity index (χ2n) is 12.2. The number of fused-ring (bicyclic) bond motifs is 8. The number of benzene rings is 7. The molecular formula is C44H27N3S. The Kier molecular flexibility index (Phi) is 6.05. The quantitative estimate of drug-likeness (QED) is 0.194. The summed E-state index contributed by atoms with van der Waals surface area (Å²) >= 11 is 1.86. The van der Waals surface area contributed by atoms with Gasteiger partial charge in [0.2, 0.25) is 0 Å². The number of aromatic nitrogens is 3. The van der Waals surface area contributed by atoms with Gasteiger partial charge in [-0.25, -0.2) is 9.97 Å². The van der Waals surface area contributed by atoms with E-state index in [0.29, 0.717) is 0 Å². The van der Waals surface area contributed by atoms with Gasteiger partial charge >= 0.3 is 0 Å². The first-order valence-electron chi connectivity index (χ1n) is 16.2.